The molecule has 1 saturated heterocycles. The molecular formula is C30H37N5O2. The van der Waals surface area contributed by atoms with Crippen LogP contribution in [0, 0.1) is 0 Å². The summed E-state index contributed by atoms with van der Waals surface area (Å²) in [6, 6.07) is 26.8. The van der Waals surface area contributed by atoms with Crippen molar-refractivity contribution in [1.29, 1.82) is 0 Å². The maximum absolute atomic E-state index is 9.54. The van der Waals surface area contributed by atoms with Crippen molar-refractivity contribution in [2.45, 2.75) is 39.0 Å². The van der Waals surface area contributed by atoms with Gasteiger partial charge in [-0.3, -0.25) is 5.01 Å². The standard InChI is InChI=1S/C30H37N5O2/c1-3-30(24(2)37-21-25-7-5-4-6-8-25)35-23-34(22-31-35)28-11-9-26(10-12-28)32-17-19-33(20-18-32)27-13-15-29(36)16-14-27/h4-16,22,24,30,36H,3,17-21,23H2,1-2H3/t24-,30-/m0/s1. The highest BCUT2D eigenvalue weighted by molar-refractivity contribution is 5.80. The van der Waals surface area contributed by atoms with Crippen LogP contribution in [0.25, 0.3) is 0 Å². The zero-order valence-electron chi connectivity index (χ0n) is 21.8. The number of phenolic OH excluding ortho intramolecular Hbond substituents is 1. The zero-order chi connectivity index (χ0) is 25.6. The second-order valence-electron chi connectivity index (χ2n) is 9.77. The number of benzene rings is 3. The minimum atomic E-state index is 0.0740. The van der Waals surface area contributed by atoms with E-state index in [1.807, 2.05) is 36.7 Å². The molecule has 0 bridgehead atoms. The first-order valence-electron chi connectivity index (χ1n) is 13.2. The van der Waals surface area contributed by atoms with Crippen molar-refractivity contribution >= 4 is 23.4 Å². The van der Waals surface area contributed by atoms with Crippen LogP contribution in [0.2, 0.25) is 0 Å². The van der Waals surface area contributed by atoms with Gasteiger partial charge in [0.05, 0.1) is 18.8 Å². The average molecular weight is 500 g/mol. The lowest BCUT2D eigenvalue weighted by Gasteiger charge is -2.37. The van der Waals surface area contributed by atoms with Crippen molar-refractivity contribution in [1.82, 2.24) is 5.01 Å². The van der Waals surface area contributed by atoms with E-state index < -0.39 is 0 Å². The Labute approximate surface area is 220 Å². The van der Waals surface area contributed by atoms with Crippen molar-refractivity contribution in [2.75, 3.05) is 47.5 Å². The zero-order valence-corrected chi connectivity index (χ0v) is 21.8. The Morgan fingerprint density at radius 3 is 1.97 bits per heavy atom. The number of nitrogens with zero attached hydrogens (tertiary/aromatic N) is 5. The highest BCUT2D eigenvalue weighted by Gasteiger charge is 2.27. The number of phenols is 1. The molecule has 5 rings (SSSR count). The maximum atomic E-state index is 9.54. The molecule has 0 unspecified atom stereocenters. The summed E-state index contributed by atoms with van der Waals surface area (Å²) in [7, 11) is 0. The molecule has 2 atom stereocenters. The molecule has 0 radical (unpaired) electrons. The van der Waals surface area contributed by atoms with Crippen LogP contribution in [-0.4, -0.2) is 61.4 Å². The van der Waals surface area contributed by atoms with E-state index in [0.717, 1.165) is 50.6 Å². The van der Waals surface area contributed by atoms with Crippen molar-refractivity contribution in [2.24, 2.45) is 5.10 Å². The molecule has 0 spiro atoms. The highest BCUT2D eigenvalue weighted by Crippen LogP contribution is 2.26. The number of aromatic hydroxyl groups is 1. The fourth-order valence-electron chi connectivity index (χ4n) is 5.14. The first-order chi connectivity index (χ1) is 18.1. The lowest BCUT2D eigenvalue weighted by Crippen LogP contribution is -2.46. The van der Waals surface area contributed by atoms with Crippen LogP contribution in [0.1, 0.15) is 25.8 Å². The SMILES string of the molecule is CC[C@@H]([C@H](C)OCc1ccccc1)N1CN(c2ccc(N3CCN(c4ccc(O)cc4)CC3)cc2)C=N1. The number of rotatable bonds is 9. The topological polar surface area (TPSA) is 54.8 Å². The maximum Gasteiger partial charge on any atom is 0.117 e. The summed E-state index contributed by atoms with van der Waals surface area (Å²) in [6.45, 7) is 9.54. The van der Waals surface area contributed by atoms with Gasteiger partial charge in [-0.15, -0.1) is 0 Å². The Bertz CT molecular complexity index is 1140. The summed E-state index contributed by atoms with van der Waals surface area (Å²) in [5, 5.41) is 16.4. The van der Waals surface area contributed by atoms with E-state index in [0.29, 0.717) is 12.4 Å². The summed E-state index contributed by atoms with van der Waals surface area (Å²) in [5.41, 5.74) is 4.75. The second-order valence-corrected chi connectivity index (χ2v) is 9.77. The molecule has 7 nitrogen and oxygen atoms in total. The van der Waals surface area contributed by atoms with Gasteiger partial charge in [0.15, 0.2) is 0 Å². The van der Waals surface area contributed by atoms with Crippen LogP contribution in [-0.2, 0) is 11.3 Å². The van der Waals surface area contributed by atoms with E-state index in [2.05, 4.69) is 70.0 Å². The molecule has 2 heterocycles. The molecule has 0 saturated carbocycles. The Kier molecular flexibility index (Phi) is 7.80. The van der Waals surface area contributed by atoms with Crippen LogP contribution in [0.5, 0.6) is 5.75 Å². The highest BCUT2D eigenvalue weighted by atomic mass is 16.5. The molecule has 37 heavy (non-hydrogen) atoms. The van der Waals surface area contributed by atoms with E-state index in [1.165, 1.54) is 11.3 Å². The predicted octanol–water partition coefficient (Wildman–Crippen LogP) is 5.13. The Balaban J connectivity index is 1.13. The van der Waals surface area contributed by atoms with E-state index in [1.54, 1.807) is 12.1 Å². The van der Waals surface area contributed by atoms with Crippen LogP contribution < -0.4 is 14.7 Å². The van der Waals surface area contributed by atoms with Gasteiger partial charge in [0.1, 0.15) is 18.8 Å². The van der Waals surface area contributed by atoms with E-state index in [-0.39, 0.29) is 12.1 Å². The van der Waals surface area contributed by atoms with Crippen LogP contribution in [0.4, 0.5) is 17.1 Å². The molecule has 7 heteroatoms. The number of piperazine rings is 1. The number of ether oxygens (including phenoxy) is 1. The molecule has 1 fully saturated rings. The molecule has 3 aromatic carbocycles. The molecule has 2 aliphatic rings. The minimum Gasteiger partial charge on any atom is -0.508 e. The molecule has 2 aliphatic heterocycles. The monoisotopic (exact) mass is 499 g/mol. The third-order valence-electron chi connectivity index (χ3n) is 7.38. The van der Waals surface area contributed by atoms with Gasteiger partial charge in [0.25, 0.3) is 0 Å². The summed E-state index contributed by atoms with van der Waals surface area (Å²) in [6.07, 6.45) is 2.97. The Morgan fingerprint density at radius 1 is 0.811 bits per heavy atom. The molecular weight excluding hydrogens is 462 g/mol. The van der Waals surface area contributed by atoms with Crippen LogP contribution >= 0.6 is 0 Å². The fourth-order valence-corrected chi connectivity index (χ4v) is 5.14. The van der Waals surface area contributed by atoms with Gasteiger partial charge in [-0.05, 0) is 67.4 Å². The molecule has 0 aromatic heterocycles. The second kappa shape index (κ2) is 11.6. The number of hydrazone groups is 1. The first kappa shape index (κ1) is 25.0. The lowest BCUT2D eigenvalue weighted by atomic mass is 10.1. The number of anilines is 3. The van der Waals surface area contributed by atoms with Gasteiger partial charge in [-0.25, -0.2) is 0 Å². The number of hydrogen-bond acceptors (Lipinski definition) is 7. The quantitative estimate of drug-likeness (QED) is 0.441. The average Bonchev–Trinajstić information content (AvgIpc) is 3.43. The van der Waals surface area contributed by atoms with Crippen LogP contribution in [0.15, 0.2) is 84.0 Å². The van der Waals surface area contributed by atoms with Gasteiger partial charge >= 0.3 is 0 Å². The molecule has 194 valence electrons. The van der Waals surface area contributed by atoms with E-state index in [4.69, 9.17) is 9.84 Å². The van der Waals surface area contributed by atoms with Crippen molar-refractivity contribution in [3.05, 3.63) is 84.4 Å². The van der Waals surface area contributed by atoms with Gasteiger partial charge in [0, 0.05) is 43.2 Å². The number of hydrogen-bond donors (Lipinski definition) is 1. The van der Waals surface area contributed by atoms with Gasteiger partial charge in [-0.1, -0.05) is 37.3 Å². The van der Waals surface area contributed by atoms with Crippen molar-refractivity contribution < 1.29 is 9.84 Å². The third kappa shape index (κ3) is 6.00. The van der Waals surface area contributed by atoms with Gasteiger partial charge < -0.3 is 24.5 Å². The molecule has 0 aliphatic carbocycles. The van der Waals surface area contributed by atoms with Crippen molar-refractivity contribution in [3.63, 3.8) is 0 Å². The van der Waals surface area contributed by atoms with Crippen LogP contribution in [0.3, 0.4) is 0 Å². The van der Waals surface area contributed by atoms with E-state index >= 15 is 0 Å². The summed E-state index contributed by atoms with van der Waals surface area (Å²) in [5.74, 6) is 0.310. The molecule has 0 amide bonds. The van der Waals surface area contributed by atoms with Gasteiger partial charge in [0.2, 0.25) is 0 Å². The predicted molar refractivity (Wildman–Crippen MR) is 151 cm³/mol. The smallest absolute Gasteiger partial charge is 0.117 e. The minimum absolute atomic E-state index is 0.0740. The Morgan fingerprint density at radius 2 is 1.38 bits per heavy atom. The van der Waals surface area contributed by atoms with Crippen molar-refractivity contribution in [3.8, 4) is 5.75 Å². The summed E-state index contributed by atoms with van der Waals surface area (Å²) >= 11 is 0. The lowest BCUT2D eigenvalue weighted by molar-refractivity contribution is -0.0110. The summed E-state index contributed by atoms with van der Waals surface area (Å²) < 4.78 is 6.20. The Hall–Kier alpha value is -3.71. The fraction of sp³-hybridized carbons (Fsp3) is 0.367. The largest absolute Gasteiger partial charge is 0.508 e. The summed E-state index contributed by atoms with van der Waals surface area (Å²) in [4.78, 5) is 7.00. The van der Waals surface area contributed by atoms with E-state index in [9.17, 15) is 5.11 Å². The molecule has 3 aromatic rings. The third-order valence-corrected chi connectivity index (χ3v) is 7.38. The normalized spacial score (nSPS) is 17.4. The first-order valence-corrected chi connectivity index (χ1v) is 13.2. The van der Waals surface area contributed by atoms with Gasteiger partial charge in [-0.2, -0.15) is 5.10 Å². The molecule has 1 N–H and O–H groups in total.